The maximum Gasteiger partial charge on any atom is 0.205 e. The fourth-order valence-corrected chi connectivity index (χ4v) is 2.35. The molecule has 4 heteroatoms. The summed E-state index contributed by atoms with van der Waals surface area (Å²) in [5.74, 6) is 1.04. The van der Waals surface area contributed by atoms with Gasteiger partial charge in [-0.05, 0) is 25.7 Å². The fourth-order valence-electron chi connectivity index (χ4n) is 2.35. The Morgan fingerprint density at radius 2 is 2.40 bits per heavy atom. The molecule has 1 saturated heterocycles. The molecular formula is C11H19N3O. The zero-order valence-electron chi connectivity index (χ0n) is 9.26. The molecule has 0 bridgehead atoms. The summed E-state index contributed by atoms with van der Waals surface area (Å²) in [6, 6.07) is 0.463. The van der Waals surface area contributed by atoms with Gasteiger partial charge in [-0.3, -0.25) is 0 Å². The molecule has 1 N–H and O–H groups in total. The largest absolute Gasteiger partial charge is 0.396 e. The van der Waals surface area contributed by atoms with Gasteiger partial charge in [0.1, 0.15) is 0 Å². The van der Waals surface area contributed by atoms with Crippen LogP contribution in [0, 0.1) is 0 Å². The van der Waals surface area contributed by atoms with Crippen LogP contribution in [0.5, 0.6) is 0 Å². The zero-order valence-corrected chi connectivity index (χ0v) is 9.26. The maximum absolute atomic E-state index is 9.05. The lowest BCUT2D eigenvalue weighted by atomic mass is 10.0. The molecule has 15 heavy (non-hydrogen) atoms. The third kappa shape index (κ3) is 2.15. The number of anilines is 1. The van der Waals surface area contributed by atoms with E-state index >= 15 is 0 Å². The summed E-state index contributed by atoms with van der Waals surface area (Å²) in [6.07, 6.45) is 8.33. The highest BCUT2D eigenvalue weighted by Crippen LogP contribution is 2.24. The lowest BCUT2D eigenvalue weighted by molar-refractivity contribution is 0.261. The van der Waals surface area contributed by atoms with E-state index in [-0.39, 0.29) is 6.61 Å². The number of nitrogens with zero attached hydrogens (tertiary/aromatic N) is 3. The molecule has 0 saturated carbocycles. The molecule has 1 unspecified atom stereocenters. The third-order valence-corrected chi connectivity index (χ3v) is 3.14. The van der Waals surface area contributed by atoms with Crippen LogP contribution >= 0.6 is 0 Å². The number of aromatic nitrogens is 2. The van der Waals surface area contributed by atoms with Crippen molar-refractivity contribution >= 4 is 5.95 Å². The molecule has 0 aliphatic carbocycles. The van der Waals surface area contributed by atoms with Crippen molar-refractivity contribution in [3.05, 3.63) is 12.4 Å². The summed E-state index contributed by atoms with van der Waals surface area (Å²) in [5, 5.41) is 9.05. The van der Waals surface area contributed by atoms with Gasteiger partial charge < -0.3 is 14.6 Å². The standard InChI is InChI=1S/C11H19N3O/c1-13-8-6-12-11(13)14-7-3-2-4-10(14)5-9-15/h6,8,10,15H,2-5,7,9H2,1H3. The molecule has 1 fully saturated rings. The Balaban J connectivity index is 2.14. The van der Waals surface area contributed by atoms with E-state index < -0.39 is 0 Å². The molecule has 4 nitrogen and oxygen atoms in total. The average Bonchev–Trinajstić information content (AvgIpc) is 2.66. The van der Waals surface area contributed by atoms with Gasteiger partial charge in [0.25, 0.3) is 0 Å². The number of piperidine rings is 1. The van der Waals surface area contributed by atoms with Crippen LogP contribution < -0.4 is 4.90 Å². The second-order valence-corrected chi connectivity index (χ2v) is 4.19. The molecule has 1 aliphatic rings. The summed E-state index contributed by atoms with van der Waals surface area (Å²) >= 11 is 0. The molecule has 2 rings (SSSR count). The van der Waals surface area contributed by atoms with Crippen molar-refractivity contribution in [2.45, 2.75) is 31.7 Å². The number of aliphatic hydroxyl groups excluding tert-OH is 1. The van der Waals surface area contributed by atoms with Gasteiger partial charge in [-0.25, -0.2) is 4.98 Å². The highest BCUT2D eigenvalue weighted by molar-refractivity contribution is 5.33. The van der Waals surface area contributed by atoms with Gasteiger partial charge in [-0.2, -0.15) is 0 Å². The van der Waals surface area contributed by atoms with Gasteiger partial charge in [0, 0.05) is 38.6 Å². The first-order valence-electron chi connectivity index (χ1n) is 5.67. The van der Waals surface area contributed by atoms with Crippen LogP contribution in [0.4, 0.5) is 5.95 Å². The minimum Gasteiger partial charge on any atom is -0.396 e. The van der Waals surface area contributed by atoms with Crippen molar-refractivity contribution in [2.24, 2.45) is 7.05 Å². The molecule has 84 valence electrons. The minimum atomic E-state index is 0.269. The maximum atomic E-state index is 9.05. The summed E-state index contributed by atoms with van der Waals surface area (Å²) in [4.78, 5) is 6.71. The van der Waals surface area contributed by atoms with Crippen molar-refractivity contribution in [3.8, 4) is 0 Å². The Labute approximate surface area is 90.5 Å². The second-order valence-electron chi connectivity index (χ2n) is 4.19. The molecule has 0 aromatic carbocycles. The first kappa shape index (κ1) is 10.5. The smallest absolute Gasteiger partial charge is 0.205 e. The molecule has 2 heterocycles. The van der Waals surface area contributed by atoms with E-state index in [0.717, 1.165) is 18.9 Å². The van der Waals surface area contributed by atoms with E-state index in [2.05, 4.69) is 14.5 Å². The molecule has 1 aromatic heterocycles. The van der Waals surface area contributed by atoms with Crippen LogP contribution in [0.3, 0.4) is 0 Å². The number of aryl methyl sites for hydroxylation is 1. The van der Waals surface area contributed by atoms with Crippen LogP contribution in [0.2, 0.25) is 0 Å². The molecule has 1 aromatic rings. The Morgan fingerprint density at radius 3 is 3.07 bits per heavy atom. The lowest BCUT2D eigenvalue weighted by Gasteiger charge is -2.36. The van der Waals surface area contributed by atoms with Gasteiger partial charge in [0.2, 0.25) is 5.95 Å². The Hall–Kier alpha value is -1.03. The lowest BCUT2D eigenvalue weighted by Crippen LogP contribution is -2.41. The van der Waals surface area contributed by atoms with Crippen LogP contribution in [-0.2, 0) is 7.05 Å². The monoisotopic (exact) mass is 209 g/mol. The fraction of sp³-hybridized carbons (Fsp3) is 0.727. The first-order chi connectivity index (χ1) is 7.33. The van der Waals surface area contributed by atoms with Gasteiger partial charge in [0.15, 0.2) is 0 Å². The van der Waals surface area contributed by atoms with E-state index in [1.54, 1.807) is 0 Å². The number of aliphatic hydroxyl groups is 1. The predicted molar refractivity (Wildman–Crippen MR) is 59.9 cm³/mol. The molecular weight excluding hydrogens is 190 g/mol. The van der Waals surface area contributed by atoms with Crippen LogP contribution in [-0.4, -0.2) is 33.9 Å². The normalized spacial score (nSPS) is 22.0. The van der Waals surface area contributed by atoms with Gasteiger partial charge in [0.05, 0.1) is 0 Å². The number of hydrogen-bond donors (Lipinski definition) is 1. The zero-order chi connectivity index (χ0) is 10.7. The summed E-state index contributed by atoms with van der Waals surface area (Å²) in [7, 11) is 2.02. The minimum absolute atomic E-state index is 0.269. The molecule has 1 atom stereocenters. The molecule has 0 spiro atoms. The van der Waals surface area contributed by atoms with E-state index in [4.69, 9.17) is 5.11 Å². The van der Waals surface area contributed by atoms with Crippen molar-refractivity contribution < 1.29 is 5.11 Å². The van der Waals surface area contributed by atoms with Crippen LogP contribution in [0.25, 0.3) is 0 Å². The van der Waals surface area contributed by atoms with Crippen LogP contribution in [0.15, 0.2) is 12.4 Å². The summed E-state index contributed by atoms with van der Waals surface area (Å²) < 4.78 is 2.05. The highest BCUT2D eigenvalue weighted by atomic mass is 16.3. The highest BCUT2D eigenvalue weighted by Gasteiger charge is 2.24. The van der Waals surface area contributed by atoms with Gasteiger partial charge >= 0.3 is 0 Å². The van der Waals surface area contributed by atoms with E-state index in [1.165, 1.54) is 19.3 Å². The summed E-state index contributed by atoms with van der Waals surface area (Å²) in [5.41, 5.74) is 0. The van der Waals surface area contributed by atoms with Gasteiger partial charge in [-0.1, -0.05) is 0 Å². The van der Waals surface area contributed by atoms with Crippen molar-refractivity contribution in [1.82, 2.24) is 9.55 Å². The molecule has 0 amide bonds. The molecule has 0 radical (unpaired) electrons. The predicted octanol–water partition coefficient (Wildman–Crippen LogP) is 1.16. The van der Waals surface area contributed by atoms with E-state index in [1.807, 2.05) is 19.4 Å². The van der Waals surface area contributed by atoms with Crippen molar-refractivity contribution in [3.63, 3.8) is 0 Å². The number of rotatable bonds is 3. The topological polar surface area (TPSA) is 41.3 Å². The van der Waals surface area contributed by atoms with Crippen molar-refractivity contribution in [2.75, 3.05) is 18.1 Å². The second kappa shape index (κ2) is 4.66. The quantitative estimate of drug-likeness (QED) is 0.812. The van der Waals surface area contributed by atoms with Gasteiger partial charge in [-0.15, -0.1) is 0 Å². The van der Waals surface area contributed by atoms with E-state index in [0.29, 0.717) is 6.04 Å². The first-order valence-corrected chi connectivity index (χ1v) is 5.67. The van der Waals surface area contributed by atoms with E-state index in [9.17, 15) is 0 Å². The summed E-state index contributed by atoms with van der Waals surface area (Å²) in [6.45, 7) is 1.33. The van der Waals surface area contributed by atoms with Crippen molar-refractivity contribution in [1.29, 1.82) is 0 Å². The Morgan fingerprint density at radius 1 is 1.53 bits per heavy atom. The number of imidazole rings is 1. The SMILES string of the molecule is Cn1ccnc1N1CCCCC1CCO. The molecule has 1 aliphatic heterocycles. The average molecular weight is 209 g/mol. The number of hydrogen-bond acceptors (Lipinski definition) is 3. The third-order valence-electron chi connectivity index (χ3n) is 3.14. The Bertz CT molecular complexity index is 309. The Kier molecular flexibility index (Phi) is 3.26. The van der Waals surface area contributed by atoms with Crippen LogP contribution in [0.1, 0.15) is 25.7 Å².